The summed E-state index contributed by atoms with van der Waals surface area (Å²) in [6, 6.07) is 6.42. The summed E-state index contributed by atoms with van der Waals surface area (Å²) in [5.74, 6) is -0.0714. The third-order valence-electron chi connectivity index (χ3n) is 4.68. The zero-order valence-corrected chi connectivity index (χ0v) is 13.8. The lowest BCUT2D eigenvalue weighted by Gasteiger charge is -2.26. The Morgan fingerprint density at radius 3 is 2.88 bits per heavy atom. The maximum absolute atomic E-state index is 12.9. The van der Waals surface area contributed by atoms with E-state index in [0.29, 0.717) is 29.4 Å². The zero-order valence-electron chi connectivity index (χ0n) is 13.0. The molecule has 4 rings (SSSR count). The lowest BCUT2D eigenvalue weighted by Crippen LogP contribution is -2.44. The number of carbonyl (C=O) groups excluding carboxylic acids is 2. The van der Waals surface area contributed by atoms with Gasteiger partial charge in [0.05, 0.1) is 30.0 Å². The highest BCUT2D eigenvalue weighted by Crippen LogP contribution is 2.35. The Kier molecular flexibility index (Phi) is 3.94. The summed E-state index contributed by atoms with van der Waals surface area (Å²) in [6.45, 7) is 1.71. The van der Waals surface area contributed by atoms with E-state index in [-0.39, 0.29) is 18.0 Å². The number of rotatable bonds is 3. The lowest BCUT2D eigenvalue weighted by molar-refractivity contribution is -0.127. The number of hydrogen-bond acceptors (Lipinski definition) is 3. The van der Waals surface area contributed by atoms with Crippen LogP contribution in [0.1, 0.15) is 24.4 Å². The molecular weight excluding hydrogens is 330 g/mol. The molecule has 3 aliphatic heterocycles. The summed E-state index contributed by atoms with van der Waals surface area (Å²) >= 11 is 6.28. The van der Waals surface area contributed by atoms with Gasteiger partial charge in [0.2, 0.25) is 0 Å². The van der Waals surface area contributed by atoms with Crippen LogP contribution in [0.5, 0.6) is 0 Å². The minimum Gasteiger partial charge on any atom is -0.376 e. The highest BCUT2D eigenvalue weighted by molar-refractivity contribution is 6.31. The molecule has 0 bridgehead atoms. The second kappa shape index (κ2) is 6.11. The molecule has 3 amide bonds. The van der Waals surface area contributed by atoms with Crippen molar-refractivity contribution < 1.29 is 14.3 Å². The maximum atomic E-state index is 12.9. The largest absolute Gasteiger partial charge is 0.376 e. The molecule has 0 aromatic heterocycles. The Balaban J connectivity index is 1.62. The Hall–Kier alpha value is -2.05. The third-order valence-corrected chi connectivity index (χ3v) is 5.03. The first-order valence-corrected chi connectivity index (χ1v) is 8.47. The summed E-state index contributed by atoms with van der Waals surface area (Å²) in [5, 5.41) is 6.11. The minimum absolute atomic E-state index is 0.0714. The van der Waals surface area contributed by atoms with Gasteiger partial charge in [0.15, 0.2) is 0 Å². The van der Waals surface area contributed by atoms with Gasteiger partial charge in [0.1, 0.15) is 0 Å². The highest BCUT2D eigenvalue weighted by Gasteiger charge is 2.41. The van der Waals surface area contributed by atoms with E-state index in [1.165, 1.54) is 0 Å². The van der Waals surface area contributed by atoms with E-state index in [0.717, 1.165) is 25.0 Å². The first kappa shape index (κ1) is 15.5. The molecule has 1 saturated heterocycles. The van der Waals surface area contributed by atoms with Crippen LogP contribution >= 0.6 is 11.6 Å². The summed E-state index contributed by atoms with van der Waals surface area (Å²) in [7, 11) is 0. The van der Waals surface area contributed by atoms with Crippen LogP contribution in [-0.4, -0.2) is 42.6 Å². The van der Waals surface area contributed by atoms with Crippen LogP contribution in [0.25, 0.3) is 0 Å². The lowest BCUT2D eigenvalue weighted by atomic mass is 9.96. The van der Waals surface area contributed by atoms with Gasteiger partial charge in [-0.2, -0.15) is 0 Å². The normalized spacial score (nSPS) is 26.5. The zero-order chi connectivity index (χ0) is 16.7. The molecule has 0 spiro atoms. The third kappa shape index (κ3) is 2.65. The molecule has 3 heterocycles. The van der Waals surface area contributed by atoms with Gasteiger partial charge in [0.25, 0.3) is 5.91 Å². The maximum Gasteiger partial charge on any atom is 0.319 e. The number of ether oxygens (including phenoxy) is 1. The van der Waals surface area contributed by atoms with E-state index in [2.05, 4.69) is 10.6 Å². The summed E-state index contributed by atoms with van der Waals surface area (Å²) in [5.41, 5.74) is 1.96. The fourth-order valence-electron chi connectivity index (χ4n) is 3.55. The molecule has 1 aromatic carbocycles. The van der Waals surface area contributed by atoms with Crippen molar-refractivity contribution in [1.82, 2.24) is 15.5 Å². The number of benzene rings is 1. The molecule has 2 atom stereocenters. The van der Waals surface area contributed by atoms with Crippen molar-refractivity contribution in [3.63, 3.8) is 0 Å². The van der Waals surface area contributed by atoms with E-state index in [4.69, 9.17) is 16.3 Å². The van der Waals surface area contributed by atoms with E-state index in [1.54, 1.807) is 11.0 Å². The number of halogens is 1. The number of urea groups is 1. The second-order valence-corrected chi connectivity index (χ2v) is 6.67. The molecule has 126 valence electrons. The molecule has 0 aliphatic carbocycles. The molecule has 1 fully saturated rings. The molecular formula is C17H18ClN3O3. The van der Waals surface area contributed by atoms with Crippen LogP contribution in [0.4, 0.5) is 4.79 Å². The van der Waals surface area contributed by atoms with Gasteiger partial charge in [-0.1, -0.05) is 29.8 Å². The Morgan fingerprint density at radius 2 is 2.12 bits per heavy atom. The first-order chi connectivity index (χ1) is 11.6. The highest BCUT2D eigenvalue weighted by atomic mass is 35.5. The fourth-order valence-corrected chi connectivity index (χ4v) is 3.80. The van der Waals surface area contributed by atoms with Crippen molar-refractivity contribution in [3.8, 4) is 0 Å². The standard InChI is InChI=1S/C17H18ClN3O3/c18-12-6-2-1-5-11(12)15-14-13(19-17(23)20-15)9-21(16(14)22)8-10-4-3-7-24-10/h1-2,5-6,10,15H,3-4,7-9H2,(H2,19,20,23)/t10-,15-/m1/s1. The van der Waals surface area contributed by atoms with Crippen molar-refractivity contribution in [1.29, 1.82) is 0 Å². The van der Waals surface area contributed by atoms with Gasteiger partial charge in [0, 0.05) is 18.2 Å². The Labute approximate surface area is 144 Å². The van der Waals surface area contributed by atoms with Crippen LogP contribution in [0.2, 0.25) is 5.02 Å². The van der Waals surface area contributed by atoms with Crippen molar-refractivity contribution in [2.24, 2.45) is 0 Å². The molecule has 0 saturated carbocycles. The van der Waals surface area contributed by atoms with Crippen molar-refractivity contribution in [3.05, 3.63) is 46.1 Å². The second-order valence-electron chi connectivity index (χ2n) is 6.27. The SMILES string of the molecule is O=C1NC2=C(C(=O)N(C[C@H]3CCCO3)C2)[C@@H](c2ccccc2Cl)N1. The summed E-state index contributed by atoms with van der Waals surface area (Å²) in [4.78, 5) is 26.7. The fraction of sp³-hybridized carbons (Fsp3) is 0.412. The number of amides is 3. The minimum atomic E-state index is -0.524. The molecule has 24 heavy (non-hydrogen) atoms. The molecule has 0 unspecified atom stereocenters. The van der Waals surface area contributed by atoms with E-state index in [9.17, 15) is 9.59 Å². The molecule has 2 N–H and O–H groups in total. The van der Waals surface area contributed by atoms with Crippen LogP contribution in [0, 0.1) is 0 Å². The van der Waals surface area contributed by atoms with Crippen LogP contribution in [-0.2, 0) is 9.53 Å². The number of nitrogens with one attached hydrogen (secondary N) is 2. The van der Waals surface area contributed by atoms with Gasteiger partial charge in [-0.05, 0) is 24.5 Å². The van der Waals surface area contributed by atoms with Gasteiger partial charge >= 0.3 is 6.03 Å². The van der Waals surface area contributed by atoms with Crippen LogP contribution in [0.15, 0.2) is 35.5 Å². The average Bonchev–Trinajstić information content (AvgIpc) is 3.16. The van der Waals surface area contributed by atoms with Crippen LogP contribution in [0.3, 0.4) is 0 Å². The number of hydrogen-bond donors (Lipinski definition) is 2. The van der Waals surface area contributed by atoms with E-state index >= 15 is 0 Å². The van der Waals surface area contributed by atoms with Crippen LogP contribution < -0.4 is 10.6 Å². The van der Waals surface area contributed by atoms with Gasteiger partial charge in [-0.15, -0.1) is 0 Å². The monoisotopic (exact) mass is 347 g/mol. The molecule has 7 heteroatoms. The topological polar surface area (TPSA) is 70.7 Å². The predicted octanol–water partition coefficient (Wildman–Crippen LogP) is 1.97. The van der Waals surface area contributed by atoms with E-state index < -0.39 is 6.04 Å². The average molecular weight is 348 g/mol. The van der Waals surface area contributed by atoms with Crippen molar-refractivity contribution in [2.45, 2.75) is 25.0 Å². The van der Waals surface area contributed by atoms with E-state index in [1.807, 2.05) is 18.2 Å². The number of nitrogens with zero attached hydrogens (tertiary/aromatic N) is 1. The Bertz CT molecular complexity index is 728. The van der Waals surface area contributed by atoms with Gasteiger partial charge < -0.3 is 20.3 Å². The quantitative estimate of drug-likeness (QED) is 0.878. The molecule has 0 radical (unpaired) electrons. The first-order valence-electron chi connectivity index (χ1n) is 8.09. The smallest absolute Gasteiger partial charge is 0.319 e. The number of carbonyl (C=O) groups is 2. The summed E-state index contributed by atoms with van der Waals surface area (Å²) in [6.07, 6.45) is 2.07. The predicted molar refractivity (Wildman–Crippen MR) is 88.4 cm³/mol. The molecule has 3 aliphatic rings. The van der Waals surface area contributed by atoms with Gasteiger partial charge in [-0.3, -0.25) is 4.79 Å². The Morgan fingerprint density at radius 1 is 1.29 bits per heavy atom. The summed E-state index contributed by atoms with van der Waals surface area (Å²) < 4.78 is 5.63. The van der Waals surface area contributed by atoms with Crippen molar-refractivity contribution >= 4 is 23.5 Å². The van der Waals surface area contributed by atoms with Crippen molar-refractivity contribution in [2.75, 3.05) is 19.7 Å². The van der Waals surface area contributed by atoms with Gasteiger partial charge in [-0.25, -0.2) is 4.79 Å². The molecule has 1 aromatic rings. The molecule has 6 nitrogen and oxygen atoms in total.